The van der Waals surface area contributed by atoms with Crippen LogP contribution in [0.25, 0.3) is 0 Å². The standard InChI is InChI=1S/C7H6BBrF3/c1-5-2-6(8(10,11)12)4-7(9)3-5/h2-4H,1H3/q-1. The fourth-order valence-electron chi connectivity index (χ4n) is 0.954. The van der Waals surface area contributed by atoms with Gasteiger partial charge in [-0.1, -0.05) is 33.6 Å². The molecule has 0 N–H and O–H groups in total. The van der Waals surface area contributed by atoms with Crippen molar-refractivity contribution >= 4 is 28.4 Å². The second-order valence-corrected chi connectivity index (χ2v) is 3.55. The van der Waals surface area contributed by atoms with Crippen LogP contribution in [-0.2, 0) is 0 Å². The molecule has 0 aliphatic carbocycles. The average Bonchev–Trinajstić information content (AvgIpc) is 1.82. The van der Waals surface area contributed by atoms with Gasteiger partial charge in [-0.25, -0.2) is 0 Å². The maximum atomic E-state index is 12.2. The van der Waals surface area contributed by atoms with E-state index in [0.29, 0.717) is 10.0 Å². The molecule has 0 radical (unpaired) electrons. The van der Waals surface area contributed by atoms with Crippen molar-refractivity contribution in [2.75, 3.05) is 0 Å². The summed E-state index contributed by atoms with van der Waals surface area (Å²) in [5.41, 5.74) is 0.0560. The molecule has 0 amide bonds. The Bertz CT molecular complexity index is 275. The van der Waals surface area contributed by atoms with E-state index in [9.17, 15) is 12.9 Å². The molecule has 0 bridgehead atoms. The van der Waals surface area contributed by atoms with Crippen LogP contribution >= 0.6 is 15.9 Å². The van der Waals surface area contributed by atoms with E-state index in [-0.39, 0.29) is 0 Å². The molecule has 66 valence electrons. The summed E-state index contributed by atoms with van der Waals surface area (Å²) in [5, 5.41) is 0. The Kier molecular flexibility index (Phi) is 2.51. The van der Waals surface area contributed by atoms with Crippen LogP contribution in [0.15, 0.2) is 22.7 Å². The summed E-state index contributed by atoms with van der Waals surface area (Å²) < 4.78 is 37.0. The predicted molar refractivity (Wildman–Crippen MR) is 47.6 cm³/mol. The minimum absolute atomic E-state index is 0.469. The van der Waals surface area contributed by atoms with Crippen LogP contribution in [0.2, 0.25) is 0 Å². The molecule has 0 saturated heterocycles. The molecule has 0 spiro atoms. The number of aryl methyl sites for hydroxylation is 1. The van der Waals surface area contributed by atoms with Crippen molar-refractivity contribution < 1.29 is 12.9 Å². The van der Waals surface area contributed by atoms with Crippen LogP contribution in [0.1, 0.15) is 5.56 Å². The van der Waals surface area contributed by atoms with Crippen molar-refractivity contribution in [3.05, 3.63) is 28.2 Å². The molecular formula is C7H6BBrF3-. The van der Waals surface area contributed by atoms with Crippen LogP contribution in [-0.4, -0.2) is 6.98 Å². The Morgan fingerprint density at radius 2 is 1.75 bits per heavy atom. The molecule has 5 heteroatoms. The first-order valence-electron chi connectivity index (χ1n) is 3.36. The highest BCUT2D eigenvalue weighted by Gasteiger charge is 2.25. The summed E-state index contributed by atoms with van der Waals surface area (Å²) in [5.74, 6) is 0. The Morgan fingerprint density at radius 1 is 1.17 bits per heavy atom. The van der Waals surface area contributed by atoms with Gasteiger partial charge in [-0.3, -0.25) is 0 Å². The first-order valence-corrected chi connectivity index (χ1v) is 4.16. The molecule has 0 aliphatic heterocycles. The van der Waals surface area contributed by atoms with E-state index in [1.54, 1.807) is 13.0 Å². The smallest absolute Gasteiger partial charge is 0.445 e. The molecule has 1 rings (SSSR count). The van der Waals surface area contributed by atoms with Crippen molar-refractivity contribution in [1.29, 1.82) is 0 Å². The van der Waals surface area contributed by atoms with Gasteiger partial charge in [-0.2, -0.15) is 0 Å². The van der Waals surface area contributed by atoms with Gasteiger partial charge < -0.3 is 12.9 Å². The SMILES string of the molecule is Cc1cc(Br)cc([B-](F)(F)F)c1. The monoisotopic (exact) mass is 237 g/mol. The Hall–Kier alpha value is -0.445. The second kappa shape index (κ2) is 3.13. The van der Waals surface area contributed by atoms with Gasteiger partial charge in [0.2, 0.25) is 0 Å². The zero-order valence-corrected chi connectivity index (χ0v) is 7.91. The van der Waals surface area contributed by atoms with E-state index >= 15 is 0 Å². The third-order valence-corrected chi connectivity index (χ3v) is 1.90. The van der Waals surface area contributed by atoms with Crippen molar-refractivity contribution in [3.8, 4) is 0 Å². The van der Waals surface area contributed by atoms with Crippen LogP contribution in [0.3, 0.4) is 0 Å². The Balaban J connectivity index is 3.18. The molecule has 0 saturated carbocycles. The highest BCUT2D eigenvalue weighted by atomic mass is 79.9. The summed E-state index contributed by atoms with van der Waals surface area (Å²) in [6.07, 6.45) is 0. The highest BCUT2D eigenvalue weighted by Crippen LogP contribution is 2.15. The molecular weight excluding hydrogens is 232 g/mol. The minimum Gasteiger partial charge on any atom is -0.445 e. The lowest BCUT2D eigenvalue weighted by Gasteiger charge is -2.15. The summed E-state index contributed by atoms with van der Waals surface area (Å²) in [7, 11) is 0. The molecule has 0 atom stereocenters. The molecule has 12 heavy (non-hydrogen) atoms. The zero-order valence-electron chi connectivity index (χ0n) is 6.32. The highest BCUT2D eigenvalue weighted by molar-refractivity contribution is 9.10. The van der Waals surface area contributed by atoms with E-state index in [4.69, 9.17) is 0 Å². The Labute approximate surface area is 77.0 Å². The zero-order chi connectivity index (χ0) is 9.35. The molecule has 0 heterocycles. The molecule has 0 fully saturated rings. The number of halogens is 4. The van der Waals surface area contributed by atoms with Gasteiger partial charge in [-0.05, 0) is 13.0 Å². The van der Waals surface area contributed by atoms with Gasteiger partial charge >= 0.3 is 6.98 Å². The lowest BCUT2D eigenvalue weighted by atomic mass is 9.79. The lowest BCUT2D eigenvalue weighted by molar-refractivity contribution is 0.501. The van der Waals surface area contributed by atoms with Gasteiger partial charge in [0.15, 0.2) is 0 Å². The fraction of sp³-hybridized carbons (Fsp3) is 0.143. The third kappa shape index (κ3) is 2.27. The first kappa shape index (κ1) is 9.64. The molecule has 0 aromatic heterocycles. The summed E-state index contributed by atoms with van der Waals surface area (Å²) >= 11 is 3.02. The minimum atomic E-state index is -4.87. The summed E-state index contributed by atoms with van der Waals surface area (Å²) in [6.45, 7) is -3.24. The third-order valence-electron chi connectivity index (χ3n) is 1.44. The van der Waals surface area contributed by atoms with Crippen LogP contribution in [0.5, 0.6) is 0 Å². The van der Waals surface area contributed by atoms with E-state index in [2.05, 4.69) is 15.9 Å². The molecule has 0 nitrogen and oxygen atoms in total. The van der Waals surface area contributed by atoms with Gasteiger partial charge in [0.25, 0.3) is 0 Å². The fourth-order valence-corrected chi connectivity index (χ4v) is 1.58. The molecule has 0 aliphatic rings. The van der Waals surface area contributed by atoms with E-state index in [1.165, 1.54) is 0 Å². The van der Waals surface area contributed by atoms with Crippen molar-refractivity contribution in [2.24, 2.45) is 0 Å². The summed E-state index contributed by atoms with van der Waals surface area (Å²) in [6, 6.07) is 3.88. The van der Waals surface area contributed by atoms with Crippen LogP contribution < -0.4 is 5.46 Å². The van der Waals surface area contributed by atoms with Crippen molar-refractivity contribution in [2.45, 2.75) is 6.92 Å². The number of hydrogen-bond acceptors (Lipinski definition) is 0. The molecule has 0 unspecified atom stereocenters. The predicted octanol–water partition coefficient (Wildman–Crippen LogP) is 2.81. The summed E-state index contributed by atoms with van der Waals surface area (Å²) in [4.78, 5) is 0. The number of rotatable bonds is 1. The molecule has 1 aromatic carbocycles. The second-order valence-electron chi connectivity index (χ2n) is 2.64. The van der Waals surface area contributed by atoms with Crippen molar-refractivity contribution in [3.63, 3.8) is 0 Å². The topological polar surface area (TPSA) is 0 Å². The first-order chi connectivity index (χ1) is 5.39. The quantitative estimate of drug-likeness (QED) is 0.659. The normalized spacial score (nSPS) is 11.8. The maximum Gasteiger partial charge on any atom is 0.509 e. The van der Waals surface area contributed by atoms with Crippen LogP contribution in [0, 0.1) is 6.92 Å². The lowest BCUT2D eigenvalue weighted by Crippen LogP contribution is -2.34. The van der Waals surface area contributed by atoms with E-state index < -0.39 is 12.4 Å². The Morgan fingerprint density at radius 3 is 2.17 bits per heavy atom. The van der Waals surface area contributed by atoms with Gasteiger partial charge in [0.05, 0.1) is 0 Å². The van der Waals surface area contributed by atoms with Crippen molar-refractivity contribution in [1.82, 2.24) is 0 Å². The van der Waals surface area contributed by atoms with Gasteiger partial charge in [-0.15, -0.1) is 5.46 Å². The maximum absolute atomic E-state index is 12.2. The number of hydrogen-bond donors (Lipinski definition) is 0. The van der Waals surface area contributed by atoms with Gasteiger partial charge in [0.1, 0.15) is 0 Å². The largest absolute Gasteiger partial charge is 0.509 e. The van der Waals surface area contributed by atoms with Crippen LogP contribution in [0.4, 0.5) is 12.9 Å². The molecule has 1 aromatic rings. The van der Waals surface area contributed by atoms with E-state index in [0.717, 1.165) is 12.1 Å². The average molecular weight is 238 g/mol. The van der Waals surface area contributed by atoms with E-state index in [1.807, 2.05) is 0 Å². The number of benzene rings is 1. The van der Waals surface area contributed by atoms with Gasteiger partial charge in [0, 0.05) is 4.47 Å².